The number of halogens is 1. The Kier molecular flexibility index (Phi) is 4.85. The molecular weight excluding hydrogens is 379 g/mol. The lowest BCUT2D eigenvalue weighted by atomic mass is 10.0. The van der Waals surface area contributed by atoms with E-state index in [0.29, 0.717) is 12.1 Å². The molecule has 0 spiro atoms. The van der Waals surface area contributed by atoms with Crippen LogP contribution in [0.1, 0.15) is 40.2 Å². The first-order chi connectivity index (χ1) is 13.4. The molecule has 0 saturated carbocycles. The molecule has 1 aliphatic rings. The topological polar surface area (TPSA) is 59.5 Å². The highest BCUT2D eigenvalue weighted by atomic mass is 32.1. The Hall–Kier alpha value is -2.80. The molecule has 0 N–H and O–H groups in total. The summed E-state index contributed by atoms with van der Waals surface area (Å²) in [5, 5.41) is 0.837. The largest absolute Gasteiger partial charge is 0.483 e. The number of Topliss-reactive ketones (excluding diaryl/α,β-unsaturated/α-hetero) is 1. The molecule has 0 fully saturated rings. The van der Waals surface area contributed by atoms with Crippen molar-refractivity contribution in [1.29, 1.82) is 0 Å². The summed E-state index contributed by atoms with van der Waals surface area (Å²) < 4.78 is 20.7. The van der Waals surface area contributed by atoms with Gasteiger partial charge in [-0.15, -0.1) is 11.3 Å². The second-order valence-electron chi connectivity index (χ2n) is 6.98. The Bertz CT molecular complexity index is 1050. The second-order valence-corrected chi connectivity index (χ2v) is 8.09. The zero-order valence-corrected chi connectivity index (χ0v) is 16.4. The van der Waals surface area contributed by atoms with E-state index in [-0.39, 0.29) is 41.9 Å². The molecule has 1 heterocycles. The minimum Gasteiger partial charge on any atom is -0.483 e. The van der Waals surface area contributed by atoms with Crippen LogP contribution in [0.15, 0.2) is 36.4 Å². The summed E-state index contributed by atoms with van der Waals surface area (Å²) >= 11 is 1.54. The number of fused-ring (bicyclic) bond motifs is 2. The Morgan fingerprint density at radius 3 is 2.89 bits per heavy atom. The van der Waals surface area contributed by atoms with Gasteiger partial charge in [0, 0.05) is 19.0 Å². The summed E-state index contributed by atoms with van der Waals surface area (Å²) in [7, 11) is 1.68. The molecule has 4 rings (SSSR count). The Balaban J connectivity index is 1.44. The first kappa shape index (κ1) is 18.6. The molecule has 0 bridgehead atoms. The van der Waals surface area contributed by atoms with Crippen molar-refractivity contribution in [3.05, 3.63) is 58.3 Å². The van der Waals surface area contributed by atoms with E-state index < -0.39 is 5.82 Å². The number of nitrogens with zero attached hydrogens (tertiary/aromatic N) is 2. The van der Waals surface area contributed by atoms with E-state index in [4.69, 9.17) is 4.74 Å². The van der Waals surface area contributed by atoms with Crippen LogP contribution in [0, 0.1) is 5.82 Å². The van der Waals surface area contributed by atoms with E-state index in [1.54, 1.807) is 18.4 Å². The van der Waals surface area contributed by atoms with E-state index in [1.165, 1.54) is 17.0 Å². The van der Waals surface area contributed by atoms with Crippen molar-refractivity contribution < 1.29 is 18.7 Å². The third kappa shape index (κ3) is 3.38. The van der Waals surface area contributed by atoms with Gasteiger partial charge >= 0.3 is 0 Å². The number of likely N-dealkylation sites (N-methyl/N-ethyl adjacent to an activating group) is 1. The van der Waals surface area contributed by atoms with E-state index in [2.05, 4.69) is 4.98 Å². The minimum absolute atomic E-state index is 0.146. The molecule has 0 unspecified atom stereocenters. The summed E-state index contributed by atoms with van der Waals surface area (Å²) in [5.74, 6) is -0.695. The van der Waals surface area contributed by atoms with E-state index >= 15 is 0 Å². The Morgan fingerprint density at radius 1 is 1.32 bits per heavy atom. The molecule has 0 radical (unpaired) electrons. The van der Waals surface area contributed by atoms with Gasteiger partial charge in [0.1, 0.15) is 16.6 Å². The molecule has 1 aliphatic carbocycles. The molecule has 1 atom stereocenters. The molecular formula is C21H19FN2O3S. The molecule has 1 aromatic heterocycles. The highest BCUT2D eigenvalue weighted by Gasteiger charge is 2.32. The van der Waals surface area contributed by atoms with Crippen LogP contribution < -0.4 is 4.74 Å². The number of para-hydroxylation sites is 1. The molecule has 5 nitrogen and oxygen atoms in total. The number of thiazole rings is 1. The zero-order valence-electron chi connectivity index (χ0n) is 15.6. The van der Waals surface area contributed by atoms with Crippen LogP contribution in [-0.4, -0.2) is 35.2 Å². The first-order valence-corrected chi connectivity index (χ1v) is 9.82. The van der Waals surface area contributed by atoms with Gasteiger partial charge in [-0.05, 0) is 30.2 Å². The molecule has 2 aromatic carbocycles. The van der Waals surface area contributed by atoms with Crippen molar-refractivity contribution in [2.45, 2.75) is 25.8 Å². The van der Waals surface area contributed by atoms with Gasteiger partial charge in [0.15, 0.2) is 12.4 Å². The molecule has 28 heavy (non-hydrogen) atoms. The first-order valence-electron chi connectivity index (χ1n) is 9.01. The number of carbonyl (C=O) groups is 2. The van der Waals surface area contributed by atoms with Gasteiger partial charge in [0.2, 0.25) is 0 Å². The number of ketones is 1. The number of ether oxygens (including phenoxy) is 1. The van der Waals surface area contributed by atoms with Gasteiger partial charge in [-0.2, -0.15) is 0 Å². The van der Waals surface area contributed by atoms with Crippen molar-refractivity contribution in [3.8, 4) is 5.75 Å². The number of rotatable bonds is 5. The normalized spacial score (nSPS) is 15.7. The van der Waals surface area contributed by atoms with Crippen molar-refractivity contribution in [3.63, 3.8) is 0 Å². The molecule has 144 valence electrons. The Morgan fingerprint density at radius 2 is 2.11 bits per heavy atom. The molecule has 0 aliphatic heterocycles. The number of amides is 1. The average molecular weight is 398 g/mol. The molecule has 7 heteroatoms. The predicted molar refractivity (Wildman–Crippen MR) is 105 cm³/mol. The van der Waals surface area contributed by atoms with Crippen molar-refractivity contribution >= 4 is 33.2 Å². The highest BCUT2D eigenvalue weighted by Crippen LogP contribution is 2.39. The lowest BCUT2D eigenvalue weighted by Crippen LogP contribution is -2.31. The van der Waals surface area contributed by atoms with Crippen LogP contribution in [0.2, 0.25) is 0 Å². The lowest BCUT2D eigenvalue weighted by Gasteiger charge is -2.17. The molecule has 3 aromatic rings. The Labute approximate surface area is 165 Å². The van der Waals surface area contributed by atoms with Gasteiger partial charge in [-0.1, -0.05) is 19.1 Å². The number of hydrogen-bond acceptors (Lipinski definition) is 5. The van der Waals surface area contributed by atoms with Crippen molar-refractivity contribution in [2.24, 2.45) is 0 Å². The van der Waals surface area contributed by atoms with Crippen LogP contribution in [0.5, 0.6) is 5.75 Å². The summed E-state index contributed by atoms with van der Waals surface area (Å²) in [4.78, 5) is 30.7. The highest BCUT2D eigenvalue weighted by molar-refractivity contribution is 7.18. The van der Waals surface area contributed by atoms with Crippen molar-refractivity contribution in [1.82, 2.24) is 9.88 Å². The summed E-state index contributed by atoms with van der Waals surface area (Å²) in [6, 6.07) is 10.5. The summed E-state index contributed by atoms with van der Waals surface area (Å²) in [6.45, 7) is 1.97. The van der Waals surface area contributed by atoms with Gasteiger partial charge in [0.25, 0.3) is 5.91 Å². The van der Waals surface area contributed by atoms with Crippen LogP contribution in [-0.2, 0) is 11.3 Å². The van der Waals surface area contributed by atoms with Crippen LogP contribution >= 0.6 is 11.3 Å². The number of aromatic nitrogens is 1. The van der Waals surface area contributed by atoms with Gasteiger partial charge in [-0.25, -0.2) is 9.37 Å². The van der Waals surface area contributed by atoms with Crippen LogP contribution in [0.4, 0.5) is 4.39 Å². The quantitative estimate of drug-likeness (QED) is 0.647. The second kappa shape index (κ2) is 7.31. The fourth-order valence-corrected chi connectivity index (χ4v) is 4.50. The monoisotopic (exact) mass is 398 g/mol. The predicted octanol–water partition coefficient (Wildman–Crippen LogP) is 4.16. The number of benzene rings is 2. The smallest absolute Gasteiger partial charge is 0.260 e. The lowest BCUT2D eigenvalue weighted by molar-refractivity contribution is -0.132. The fraction of sp³-hybridized carbons (Fsp3) is 0.286. The maximum absolute atomic E-state index is 14.1. The van der Waals surface area contributed by atoms with E-state index in [0.717, 1.165) is 15.2 Å². The average Bonchev–Trinajstić information content (AvgIpc) is 3.21. The summed E-state index contributed by atoms with van der Waals surface area (Å²) in [6.07, 6.45) is 0.262. The van der Waals surface area contributed by atoms with Gasteiger partial charge < -0.3 is 9.64 Å². The number of hydrogen-bond donors (Lipinski definition) is 0. The minimum atomic E-state index is -0.403. The maximum atomic E-state index is 14.1. The summed E-state index contributed by atoms with van der Waals surface area (Å²) in [5.41, 5.74) is 1.57. The van der Waals surface area contributed by atoms with Gasteiger partial charge in [-0.3, -0.25) is 9.59 Å². The third-order valence-electron chi connectivity index (χ3n) is 4.90. The van der Waals surface area contributed by atoms with Crippen LogP contribution in [0.3, 0.4) is 0 Å². The zero-order chi connectivity index (χ0) is 19.8. The van der Waals surface area contributed by atoms with Crippen molar-refractivity contribution in [2.75, 3.05) is 13.7 Å². The number of carbonyl (C=O) groups excluding carboxylic acids is 2. The van der Waals surface area contributed by atoms with E-state index in [1.807, 2.05) is 31.2 Å². The molecule has 1 amide bonds. The molecule has 0 saturated heterocycles. The maximum Gasteiger partial charge on any atom is 0.260 e. The van der Waals surface area contributed by atoms with Crippen LogP contribution in [0.25, 0.3) is 10.2 Å². The van der Waals surface area contributed by atoms with Gasteiger partial charge in [0.05, 0.1) is 22.3 Å². The SMILES string of the molecule is C[C@H]1CC(=O)c2c(OCC(=O)N(C)Cc3nc4ccccc4s3)ccc(F)c21. The standard InChI is InChI=1S/C21H19FN2O3S/c1-12-9-15(25)21-16(8-7-13(22)20(12)21)27-11-19(26)24(2)10-18-23-14-5-3-4-6-17(14)28-18/h3-8,12H,9-11H2,1-2H3/t12-/m0/s1. The van der Waals surface area contributed by atoms with E-state index in [9.17, 15) is 14.0 Å². The fourth-order valence-electron chi connectivity index (χ4n) is 3.47. The third-order valence-corrected chi connectivity index (χ3v) is 5.93.